The molecule has 22 heavy (non-hydrogen) atoms. The van der Waals surface area contributed by atoms with Crippen LogP contribution in [0.4, 0.5) is 0 Å². The summed E-state index contributed by atoms with van der Waals surface area (Å²) in [4.78, 5) is 14.8. The lowest BCUT2D eigenvalue weighted by atomic mass is 9.92. The van der Waals surface area contributed by atoms with Gasteiger partial charge >= 0.3 is 0 Å². The van der Waals surface area contributed by atoms with Gasteiger partial charge in [-0.15, -0.1) is 0 Å². The van der Waals surface area contributed by atoms with Crippen LogP contribution in [0.5, 0.6) is 0 Å². The van der Waals surface area contributed by atoms with E-state index in [4.69, 9.17) is 4.52 Å². The molecule has 0 saturated carbocycles. The van der Waals surface area contributed by atoms with Crippen LogP contribution < -0.4 is 0 Å². The first-order valence-electron chi connectivity index (χ1n) is 7.78. The van der Waals surface area contributed by atoms with Crippen LogP contribution in [-0.4, -0.2) is 39.3 Å². The van der Waals surface area contributed by atoms with Crippen molar-refractivity contribution < 1.29 is 9.32 Å². The van der Waals surface area contributed by atoms with Crippen molar-refractivity contribution in [2.75, 3.05) is 13.1 Å². The number of H-pyrrole nitrogens is 1. The third-order valence-electron chi connectivity index (χ3n) is 4.59. The molecule has 0 radical (unpaired) electrons. The predicted molar refractivity (Wildman–Crippen MR) is 81.5 cm³/mol. The van der Waals surface area contributed by atoms with Crippen molar-refractivity contribution in [3.63, 3.8) is 0 Å². The topological polar surface area (TPSA) is 75.0 Å². The summed E-state index contributed by atoms with van der Waals surface area (Å²) in [7, 11) is 0. The molecule has 6 heteroatoms. The Balaban J connectivity index is 1.74. The zero-order valence-electron chi connectivity index (χ0n) is 13.3. The highest BCUT2D eigenvalue weighted by Crippen LogP contribution is 2.30. The maximum Gasteiger partial charge on any atom is 0.230 e. The summed E-state index contributed by atoms with van der Waals surface area (Å²) in [5.74, 6) is 1.02. The van der Waals surface area contributed by atoms with E-state index in [0.717, 1.165) is 48.6 Å². The van der Waals surface area contributed by atoms with Crippen LogP contribution in [0.2, 0.25) is 0 Å². The summed E-state index contributed by atoms with van der Waals surface area (Å²) in [6.45, 7) is 7.25. The van der Waals surface area contributed by atoms with Gasteiger partial charge in [0, 0.05) is 36.5 Å². The van der Waals surface area contributed by atoms with E-state index in [2.05, 4.69) is 15.4 Å². The van der Waals surface area contributed by atoms with Gasteiger partial charge in [-0.3, -0.25) is 9.89 Å². The summed E-state index contributed by atoms with van der Waals surface area (Å²) in [5.41, 5.74) is 2.84. The number of carbonyl (C=O) groups is 1. The second kappa shape index (κ2) is 5.94. The first-order valence-corrected chi connectivity index (χ1v) is 7.78. The van der Waals surface area contributed by atoms with E-state index in [1.54, 1.807) is 6.20 Å². The Kier molecular flexibility index (Phi) is 4.00. The number of nitrogens with one attached hydrogen (secondary N) is 1. The molecule has 118 valence electrons. The van der Waals surface area contributed by atoms with Crippen molar-refractivity contribution in [2.45, 2.75) is 45.4 Å². The summed E-state index contributed by atoms with van der Waals surface area (Å²) < 4.78 is 5.20. The van der Waals surface area contributed by atoms with E-state index in [1.165, 1.54) is 0 Å². The van der Waals surface area contributed by atoms with Crippen LogP contribution in [0, 0.1) is 13.8 Å². The first kappa shape index (κ1) is 14.8. The van der Waals surface area contributed by atoms with Gasteiger partial charge in [0.25, 0.3) is 0 Å². The predicted octanol–water partition coefficient (Wildman–Crippen LogP) is 2.52. The fraction of sp³-hybridized carbons (Fsp3) is 0.562. The molecule has 1 fully saturated rings. The van der Waals surface area contributed by atoms with E-state index in [9.17, 15) is 4.79 Å². The SMILES string of the molecule is Cc1noc(C)c1C(C)C(=O)N1CCCC(c2ccn[nH]2)C1. The molecule has 2 aromatic heterocycles. The average molecular weight is 302 g/mol. The van der Waals surface area contributed by atoms with Crippen molar-refractivity contribution in [1.29, 1.82) is 0 Å². The highest BCUT2D eigenvalue weighted by Gasteiger charge is 2.31. The number of nitrogens with zero attached hydrogens (tertiary/aromatic N) is 3. The molecule has 0 aromatic carbocycles. The summed E-state index contributed by atoms with van der Waals surface area (Å²) in [6.07, 6.45) is 3.87. The minimum Gasteiger partial charge on any atom is -0.361 e. The van der Waals surface area contributed by atoms with Crippen LogP contribution in [-0.2, 0) is 4.79 Å². The molecule has 2 atom stereocenters. The number of carbonyl (C=O) groups excluding carboxylic acids is 1. The molecular weight excluding hydrogens is 280 g/mol. The molecule has 0 bridgehead atoms. The number of hydrogen-bond donors (Lipinski definition) is 1. The molecule has 0 aliphatic carbocycles. The number of aromatic nitrogens is 3. The van der Waals surface area contributed by atoms with Gasteiger partial charge < -0.3 is 9.42 Å². The quantitative estimate of drug-likeness (QED) is 0.945. The molecule has 1 aliphatic rings. The first-order chi connectivity index (χ1) is 10.6. The smallest absolute Gasteiger partial charge is 0.230 e. The Bertz CT molecular complexity index is 628. The molecule has 2 unspecified atom stereocenters. The van der Waals surface area contributed by atoms with Gasteiger partial charge in [0.15, 0.2) is 0 Å². The largest absolute Gasteiger partial charge is 0.361 e. The molecule has 1 N–H and O–H groups in total. The van der Waals surface area contributed by atoms with E-state index in [-0.39, 0.29) is 11.8 Å². The molecule has 0 spiro atoms. The van der Waals surface area contributed by atoms with Crippen LogP contribution in [0.15, 0.2) is 16.8 Å². The van der Waals surface area contributed by atoms with E-state index in [1.807, 2.05) is 31.7 Å². The Hall–Kier alpha value is -2.11. The lowest BCUT2D eigenvalue weighted by Crippen LogP contribution is -2.41. The maximum absolute atomic E-state index is 12.8. The summed E-state index contributed by atoms with van der Waals surface area (Å²) >= 11 is 0. The number of hydrogen-bond acceptors (Lipinski definition) is 4. The van der Waals surface area contributed by atoms with E-state index < -0.39 is 0 Å². The van der Waals surface area contributed by atoms with Crippen molar-refractivity contribution in [3.05, 3.63) is 35.0 Å². The van der Waals surface area contributed by atoms with Crippen molar-refractivity contribution >= 4 is 5.91 Å². The highest BCUT2D eigenvalue weighted by molar-refractivity contribution is 5.84. The number of rotatable bonds is 3. The minimum atomic E-state index is -0.216. The Labute approximate surface area is 129 Å². The third kappa shape index (κ3) is 2.65. The second-order valence-corrected chi connectivity index (χ2v) is 6.09. The molecule has 3 heterocycles. The average Bonchev–Trinajstić information content (AvgIpc) is 3.16. The number of aryl methyl sites for hydroxylation is 2. The van der Waals surface area contributed by atoms with Crippen LogP contribution in [0.1, 0.15) is 54.3 Å². The van der Waals surface area contributed by atoms with Gasteiger partial charge in [0.2, 0.25) is 5.91 Å². The van der Waals surface area contributed by atoms with Gasteiger partial charge in [-0.1, -0.05) is 5.16 Å². The van der Waals surface area contributed by atoms with Gasteiger partial charge in [-0.2, -0.15) is 5.10 Å². The lowest BCUT2D eigenvalue weighted by molar-refractivity contribution is -0.133. The molecule has 1 saturated heterocycles. The van der Waals surface area contributed by atoms with Crippen LogP contribution in [0.3, 0.4) is 0 Å². The molecule has 6 nitrogen and oxygen atoms in total. The molecular formula is C16H22N4O2. The molecule has 3 rings (SSSR count). The summed E-state index contributed by atoms with van der Waals surface area (Å²) in [5, 5.41) is 11.0. The monoisotopic (exact) mass is 302 g/mol. The Morgan fingerprint density at radius 1 is 1.50 bits per heavy atom. The zero-order chi connectivity index (χ0) is 15.7. The number of amides is 1. The van der Waals surface area contributed by atoms with Gasteiger partial charge in [-0.05, 0) is 39.7 Å². The van der Waals surface area contributed by atoms with Gasteiger partial charge in [0.05, 0.1) is 11.6 Å². The minimum absolute atomic E-state index is 0.151. The fourth-order valence-corrected chi connectivity index (χ4v) is 3.43. The standard InChI is InChI=1S/C16H22N4O2/c1-10(15-11(2)19-22-12(15)3)16(21)20-8-4-5-13(9-20)14-6-7-17-18-14/h6-7,10,13H,4-5,8-9H2,1-3H3,(H,17,18). The van der Waals surface area contributed by atoms with Crippen molar-refractivity contribution in [3.8, 4) is 0 Å². The molecule has 1 amide bonds. The second-order valence-electron chi connectivity index (χ2n) is 6.09. The molecule has 1 aliphatic heterocycles. The Morgan fingerprint density at radius 2 is 2.32 bits per heavy atom. The van der Waals surface area contributed by atoms with E-state index in [0.29, 0.717) is 5.92 Å². The normalized spacial score (nSPS) is 20.1. The summed E-state index contributed by atoms with van der Waals surface area (Å²) in [6, 6.07) is 2.00. The highest BCUT2D eigenvalue weighted by atomic mass is 16.5. The van der Waals surface area contributed by atoms with Gasteiger partial charge in [-0.25, -0.2) is 0 Å². The lowest BCUT2D eigenvalue weighted by Gasteiger charge is -2.34. The number of aromatic amines is 1. The van der Waals surface area contributed by atoms with Crippen molar-refractivity contribution in [2.24, 2.45) is 0 Å². The zero-order valence-corrected chi connectivity index (χ0v) is 13.3. The van der Waals surface area contributed by atoms with Gasteiger partial charge in [0.1, 0.15) is 5.76 Å². The maximum atomic E-state index is 12.8. The van der Waals surface area contributed by atoms with Crippen molar-refractivity contribution in [1.82, 2.24) is 20.3 Å². The molecule has 2 aromatic rings. The third-order valence-corrected chi connectivity index (χ3v) is 4.59. The van der Waals surface area contributed by atoms with Crippen LogP contribution >= 0.6 is 0 Å². The van der Waals surface area contributed by atoms with E-state index >= 15 is 0 Å². The fourth-order valence-electron chi connectivity index (χ4n) is 3.43. The number of piperidine rings is 1. The van der Waals surface area contributed by atoms with Crippen LogP contribution in [0.25, 0.3) is 0 Å². The Morgan fingerprint density at radius 3 is 2.95 bits per heavy atom. The number of likely N-dealkylation sites (tertiary alicyclic amines) is 1.